The maximum absolute atomic E-state index is 6.14. The van der Waals surface area contributed by atoms with E-state index in [2.05, 4.69) is 87.9 Å². The van der Waals surface area contributed by atoms with Crippen LogP contribution in [-0.2, 0) is 17.7 Å². The highest BCUT2D eigenvalue weighted by Crippen LogP contribution is 2.35. The standard InChI is InChI=1S/C30H30N6O/c1-20-6-2-3-7-25(20)22-10-12-28-26(17-22)30(33-36(28)29-8-4-5-15-37-29)27-19-35(34-32-27)24-11-9-21-13-14-31-18-23(21)16-24/h2-3,6-7,9-12,16-17,19,29,31H,4-5,8,13-15,18H2,1H3. The molecule has 2 aliphatic rings. The molecule has 7 nitrogen and oxygen atoms in total. The van der Waals surface area contributed by atoms with Crippen LogP contribution in [0.5, 0.6) is 0 Å². The van der Waals surface area contributed by atoms with E-state index >= 15 is 0 Å². The Morgan fingerprint density at radius 3 is 2.84 bits per heavy atom. The van der Waals surface area contributed by atoms with Crippen molar-refractivity contribution >= 4 is 10.9 Å². The molecular formula is C30H30N6O. The van der Waals surface area contributed by atoms with Crippen molar-refractivity contribution in [3.05, 3.63) is 83.6 Å². The molecular weight excluding hydrogens is 460 g/mol. The SMILES string of the molecule is Cc1ccccc1-c1ccc2c(c1)c(-c1cn(-c3ccc4c(c3)CNCC4)nn1)nn2C1CCCCO1. The molecule has 0 spiro atoms. The molecule has 3 aromatic carbocycles. The van der Waals surface area contributed by atoms with Gasteiger partial charge in [-0.05, 0) is 91.2 Å². The average molecular weight is 491 g/mol. The first kappa shape index (κ1) is 22.4. The zero-order valence-corrected chi connectivity index (χ0v) is 21.0. The van der Waals surface area contributed by atoms with Crippen molar-refractivity contribution < 1.29 is 4.74 Å². The van der Waals surface area contributed by atoms with Gasteiger partial charge in [0.2, 0.25) is 0 Å². The molecule has 5 aromatic rings. The number of hydrogen-bond donors (Lipinski definition) is 1. The summed E-state index contributed by atoms with van der Waals surface area (Å²) in [4.78, 5) is 0. The van der Waals surface area contributed by atoms with E-state index in [1.807, 2.05) is 10.9 Å². The maximum Gasteiger partial charge on any atom is 0.150 e. The Morgan fingerprint density at radius 2 is 1.95 bits per heavy atom. The van der Waals surface area contributed by atoms with Gasteiger partial charge >= 0.3 is 0 Å². The third kappa shape index (κ3) is 4.04. The quantitative estimate of drug-likeness (QED) is 0.355. The highest BCUT2D eigenvalue weighted by molar-refractivity contribution is 5.95. The molecule has 1 N–H and O–H groups in total. The van der Waals surface area contributed by atoms with E-state index in [4.69, 9.17) is 9.84 Å². The molecule has 0 radical (unpaired) electrons. The molecule has 2 aromatic heterocycles. The van der Waals surface area contributed by atoms with E-state index in [0.29, 0.717) is 0 Å². The Labute approximate surface area is 216 Å². The summed E-state index contributed by atoms with van der Waals surface area (Å²) in [7, 11) is 0. The van der Waals surface area contributed by atoms with Crippen molar-refractivity contribution in [3.63, 3.8) is 0 Å². The molecule has 7 heteroatoms. The van der Waals surface area contributed by atoms with Gasteiger partial charge in [-0.15, -0.1) is 5.10 Å². The van der Waals surface area contributed by atoms with E-state index in [1.165, 1.54) is 27.8 Å². The van der Waals surface area contributed by atoms with Crippen LogP contribution in [-0.4, -0.2) is 37.9 Å². The predicted octanol–water partition coefficient (Wildman–Crippen LogP) is 5.60. The zero-order chi connectivity index (χ0) is 24.8. The second-order valence-electron chi connectivity index (χ2n) is 10.1. The molecule has 0 saturated carbocycles. The summed E-state index contributed by atoms with van der Waals surface area (Å²) in [6.07, 6.45) is 6.21. The van der Waals surface area contributed by atoms with E-state index in [9.17, 15) is 0 Å². The normalized spacial score (nSPS) is 17.7. The summed E-state index contributed by atoms with van der Waals surface area (Å²) in [5, 5.41) is 18.7. The van der Waals surface area contributed by atoms with Crippen molar-refractivity contribution in [3.8, 4) is 28.2 Å². The first-order valence-electron chi connectivity index (χ1n) is 13.2. The second-order valence-corrected chi connectivity index (χ2v) is 10.1. The number of ether oxygens (including phenoxy) is 1. The van der Waals surface area contributed by atoms with Gasteiger partial charge in [0.05, 0.1) is 17.4 Å². The molecule has 0 amide bonds. The van der Waals surface area contributed by atoms with Crippen molar-refractivity contribution in [2.45, 2.75) is 45.4 Å². The highest BCUT2D eigenvalue weighted by atomic mass is 16.5. The number of aromatic nitrogens is 5. The van der Waals surface area contributed by atoms with Crippen molar-refractivity contribution in [2.75, 3.05) is 13.2 Å². The largest absolute Gasteiger partial charge is 0.356 e. The molecule has 7 rings (SSSR count). The highest BCUT2D eigenvalue weighted by Gasteiger charge is 2.23. The van der Waals surface area contributed by atoms with Crippen LogP contribution in [0, 0.1) is 6.92 Å². The van der Waals surface area contributed by atoms with Crippen LogP contribution < -0.4 is 5.32 Å². The van der Waals surface area contributed by atoms with E-state index < -0.39 is 0 Å². The van der Waals surface area contributed by atoms with Crippen LogP contribution in [0.4, 0.5) is 0 Å². The van der Waals surface area contributed by atoms with Crippen molar-refractivity contribution in [1.82, 2.24) is 30.1 Å². The molecule has 1 unspecified atom stereocenters. The minimum atomic E-state index is -0.0579. The topological polar surface area (TPSA) is 69.8 Å². The Morgan fingerprint density at radius 1 is 1.00 bits per heavy atom. The molecule has 1 atom stereocenters. The summed E-state index contributed by atoms with van der Waals surface area (Å²) in [5.41, 5.74) is 10.1. The maximum atomic E-state index is 6.14. The lowest BCUT2D eigenvalue weighted by Gasteiger charge is -2.23. The summed E-state index contributed by atoms with van der Waals surface area (Å²) < 4.78 is 10.0. The fourth-order valence-electron chi connectivity index (χ4n) is 5.64. The summed E-state index contributed by atoms with van der Waals surface area (Å²) in [6, 6.07) is 21.7. The Hall–Kier alpha value is -3.81. The number of nitrogens with zero attached hydrogens (tertiary/aromatic N) is 5. The third-order valence-corrected chi connectivity index (χ3v) is 7.67. The van der Waals surface area contributed by atoms with Gasteiger partial charge in [-0.2, -0.15) is 5.10 Å². The number of rotatable bonds is 4. The lowest BCUT2D eigenvalue weighted by atomic mass is 9.98. The van der Waals surface area contributed by atoms with Gasteiger partial charge in [-0.1, -0.05) is 41.6 Å². The van der Waals surface area contributed by atoms with Crippen molar-refractivity contribution in [2.24, 2.45) is 0 Å². The first-order valence-corrected chi connectivity index (χ1v) is 13.2. The minimum Gasteiger partial charge on any atom is -0.356 e. The van der Waals surface area contributed by atoms with E-state index in [-0.39, 0.29) is 6.23 Å². The number of aryl methyl sites for hydroxylation is 1. The molecule has 0 aliphatic carbocycles. The first-order chi connectivity index (χ1) is 18.2. The van der Waals surface area contributed by atoms with Gasteiger partial charge in [0.25, 0.3) is 0 Å². The van der Waals surface area contributed by atoms with Crippen LogP contribution in [0.2, 0.25) is 0 Å². The Kier molecular flexibility index (Phi) is 5.60. The number of fused-ring (bicyclic) bond motifs is 2. The molecule has 2 aliphatic heterocycles. The van der Waals surface area contributed by atoms with Crippen molar-refractivity contribution in [1.29, 1.82) is 0 Å². The van der Waals surface area contributed by atoms with Crippen LogP contribution >= 0.6 is 0 Å². The van der Waals surface area contributed by atoms with Gasteiger partial charge in [0.15, 0.2) is 6.23 Å². The van der Waals surface area contributed by atoms with Gasteiger partial charge in [0.1, 0.15) is 11.4 Å². The van der Waals surface area contributed by atoms with Gasteiger partial charge in [-0.3, -0.25) is 0 Å². The third-order valence-electron chi connectivity index (χ3n) is 7.67. The average Bonchev–Trinajstić information content (AvgIpc) is 3.59. The number of hydrogen-bond acceptors (Lipinski definition) is 5. The lowest BCUT2D eigenvalue weighted by Crippen LogP contribution is -2.23. The zero-order valence-electron chi connectivity index (χ0n) is 21.0. The van der Waals surface area contributed by atoms with Gasteiger partial charge < -0.3 is 10.1 Å². The van der Waals surface area contributed by atoms with Crippen LogP contribution in [0.1, 0.15) is 42.2 Å². The minimum absolute atomic E-state index is 0.0579. The van der Waals surface area contributed by atoms with Crippen LogP contribution in [0.25, 0.3) is 39.1 Å². The molecule has 1 saturated heterocycles. The fourth-order valence-corrected chi connectivity index (χ4v) is 5.64. The summed E-state index contributed by atoms with van der Waals surface area (Å²) >= 11 is 0. The van der Waals surface area contributed by atoms with E-state index in [1.54, 1.807) is 0 Å². The summed E-state index contributed by atoms with van der Waals surface area (Å²) in [5.74, 6) is 0. The fraction of sp³-hybridized carbons (Fsp3) is 0.300. The molecule has 186 valence electrons. The molecule has 4 heterocycles. The van der Waals surface area contributed by atoms with Crippen LogP contribution in [0.3, 0.4) is 0 Å². The van der Waals surface area contributed by atoms with E-state index in [0.717, 1.165) is 73.4 Å². The Bertz CT molecular complexity index is 1590. The van der Waals surface area contributed by atoms with Gasteiger partial charge in [-0.25, -0.2) is 9.36 Å². The van der Waals surface area contributed by atoms with Crippen LogP contribution in [0.15, 0.2) is 66.9 Å². The summed E-state index contributed by atoms with van der Waals surface area (Å²) in [6.45, 7) is 4.85. The number of nitrogens with one attached hydrogen (secondary N) is 1. The Balaban J connectivity index is 1.34. The number of benzene rings is 3. The molecule has 0 bridgehead atoms. The smallest absolute Gasteiger partial charge is 0.150 e. The molecule has 37 heavy (non-hydrogen) atoms. The lowest BCUT2D eigenvalue weighted by molar-refractivity contribution is -0.0365. The molecule has 1 fully saturated rings. The van der Waals surface area contributed by atoms with Gasteiger partial charge in [0, 0.05) is 18.5 Å². The second kappa shape index (κ2) is 9.25. The predicted molar refractivity (Wildman–Crippen MR) is 145 cm³/mol. The monoisotopic (exact) mass is 490 g/mol.